The topological polar surface area (TPSA) is 82.6 Å². The molecule has 0 fully saturated rings. The van der Waals surface area contributed by atoms with E-state index < -0.39 is 10.9 Å². The summed E-state index contributed by atoms with van der Waals surface area (Å²) in [6, 6.07) is 21.7. The van der Waals surface area contributed by atoms with E-state index in [2.05, 4.69) is 6.07 Å². The van der Waals surface area contributed by atoms with Gasteiger partial charge in [0.15, 0.2) is 0 Å². The van der Waals surface area contributed by atoms with Crippen molar-refractivity contribution in [1.82, 2.24) is 0 Å². The molecule has 156 valence electrons. The van der Waals surface area contributed by atoms with E-state index >= 15 is 0 Å². The van der Waals surface area contributed by atoms with Crippen molar-refractivity contribution in [3.05, 3.63) is 111 Å². The molecule has 0 aliphatic carbocycles. The summed E-state index contributed by atoms with van der Waals surface area (Å²) in [5.74, 6) is 1.08. The smallest absolute Gasteiger partial charge is 0.343 e. The lowest BCUT2D eigenvalue weighted by molar-refractivity contribution is -0.384. The first kappa shape index (κ1) is 19.5. The van der Waals surface area contributed by atoms with Crippen LogP contribution in [-0.4, -0.2) is 10.9 Å². The normalized spacial score (nSPS) is 14.6. The number of ether oxygens (including phenoxy) is 1. The van der Waals surface area contributed by atoms with Crippen molar-refractivity contribution in [2.75, 3.05) is 0 Å². The van der Waals surface area contributed by atoms with E-state index in [1.807, 2.05) is 37.3 Å². The molecule has 0 spiro atoms. The maximum absolute atomic E-state index is 12.4. The zero-order chi connectivity index (χ0) is 22.2. The molecule has 0 N–H and O–H groups in total. The Kier molecular flexibility index (Phi) is 4.67. The Balaban J connectivity index is 1.41. The van der Waals surface area contributed by atoms with Crippen molar-refractivity contribution < 1.29 is 18.9 Å². The van der Waals surface area contributed by atoms with Crippen LogP contribution in [0.1, 0.15) is 16.9 Å². The molecule has 1 aliphatic rings. The largest absolute Gasteiger partial charge is 0.457 e. The highest BCUT2D eigenvalue weighted by Gasteiger charge is 2.22. The first-order valence-corrected chi connectivity index (χ1v) is 9.97. The van der Waals surface area contributed by atoms with E-state index in [9.17, 15) is 14.9 Å². The maximum atomic E-state index is 12.4. The third kappa shape index (κ3) is 3.70. The fourth-order valence-electron chi connectivity index (χ4n) is 3.64. The summed E-state index contributed by atoms with van der Waals surface area (Å²) in [6.45, 7) is 2.05. The van der Waals surface area contributed by atoms with Crippen molar-refractivity contribution in [2.24, 2.45) is 0 Å². The number of benzene rings is 3. The molecule has 5 rings (SSSR count). The SMILES string of the molecule is Cc1ccc2cc(C3=C/C(=C/c4ccc(-c5ccc([N+](=O)[O-])cc5)o4)C(=O)O3)ccc2c1. The predicted molar refractivity (Wildman–Crippen MR) is 122 cm³/mol. The Bertz CT molecular complexity index is 1440. The average Bonchev–Trinajstić information content (AvgIpc) is 3.40. The summed E-state index contributed by atoms with van der Waals surface area (Å²) in [5.41, 5.74) is 3.11. The molecule has 0 saturated heterocycles. The second-order valence-electron chi connectivity index (χ2n) is 7.57. The lowest BCUT2D eigenvalue weighted by atomic mass is 10.0. The molecule has 1 aliphatic heterocycles. The second kappa shape index (κ2) is 7.67. The third-order valence-electron chi connectivity index (χ3n) is 5.29. The van der Waals surface area contributed by atoms with Gasteiger partial charge < -0.3 is 9.15 Å². The molecule has 1 aromatic heterocycles. The van der Waals surface area contributed by atoms with Crippen LogP contribution in [0.4, 0.5) is 5.69 Å². The summed E-state index contributed by atoms with van der Waals surface area (Å²) in [5, 5.41) is 13.0. The molecule has 4 aromatic rings. The third-order valence-corrected chi connectivity index (χ3v) is 5.29. The van der Waals surface area contributed by atoms with E-state index in [0.29, 0.717) is 28.4 Å². The van der Waals surface area contributed by atoms with Gasteiger partial charge in [0.05, 0.1) is 10.5 Å². The molecular formula is C26H17NO5. The van der Waals surface area contributed by atoms with Crippen LogP contribution < -0.4 is 0 Å². The van der Waals surface area contributed by atoms with Crippen molar-refractivity contribution >= 4 is 34.3 Å². The number of furan rings is 1. The molecule has 0 amide bonds. The number of rotatable bonds is 4. The fourth-order valence-corrected chi connectivity index (χ4v) is 3.64. The zero-order valence-electron chi connectivity index (χ0n) is 17.1. The summed E-state index contributed by atoms with van der Waals surface area (Å²) in [6.07, 6.45) is 3.32. The van der Waals surface area contributed by atoms with Crippen LogP contribution in [0, 0.1) is 17.0 Å². The van der Waals surface area contributed by atoms with Gasteiger partial charge in [0.2, 0.25) is 0 Å². The summed E-state index contributed by atoms with van der Waals surface area (Å²) in [7, 11) is 0. The van der Waals surface area contributed by atoms with Gasteiger partial charge in [-0.15, -0.1) is 0 Å². The Morgan fingerprint density at radius 3 is 2.38 bits per heavy atom. The molecule has 6 heteroatoms. The van der Waals surface area contributed by atoms with Gasteiger partial charge in [-0.1, -0.05) is 35.9 Å². The number of nitro benzene ring substituents is 1. The molecule has 6 nitrogen and oxygen atoms in total. The lowest BCUT2D eigenvalue weighted by Gasteiger charge is -2.05. The fraction of sp³-hybridized carbons (Fsp3) is 0.0385. The number of carbonyl (C=O) groups is 1. The predicted octanol–water partition coefficient (Wildman–Crippen LogP) is 6.30. The van der Waals surface area contributed by atoms with Crippen LogP contribution in [0.15, 0.2) is 88.9 Å². The van der Waals surface area contributed by atoms with Crippen molar-refractivity contribution in [3.8, 4) is 11.3 Å². The van der Waals surface area contributed by atoms with Crippen LogP contribution in [0.3, 0.4) is 0 Å². The molecule has 3 aromatic carbocycles. The van der Waals surface area contributed by atoms with E-state index in [1.54, 1.807) is 36.4 Å². The number of hydrogen-bond acceptors (Lipinski definition) is 5. The van der Waals surface area contributed by atoms with E-state index in [1.165, 1.54) is 17.7 Å². The summed E-state index contributed by atoms with van der Waals surface area (Å²) < 4.78 is 11.3. The van der Waals surface area contributed by atoms with Crippen molar-refractivity contribution in [2.45, 2.75) is 6.92 Å². The average molecular weight is 423 g/mol. The second-order valence-corrected chi connectivity index (χ2v) is 7.57. The monoisotopic (exact) mass is 423 g/mol. The Hall–Kier alpha value is -4.45. The highest BCUT2D eigenvalue weighted by atomic mass is 16.6. The van der Waals surface area contributed by atoms with E-state index in [4.69, 9.17) is 9.15 Å². The van der Waals surface area contributed by atoms with Gasteiger partial charge in [0, 0.05) is 23.3 Å². The Labute approximate surface area is 183 Å². The van der Waals surface area contributed by atoms with Gasteiger partial charge in [0.1, 0.15) is 17.3 Å². The van der Waals surface area contributed by atoms with E-state index in [0.717, 1.165) is 16.3 Å². The van der Waals surface area contributed by atoms with Crippen LogP contribution in [0.2, 0.25) is 0 Å². The van der Waals surface area contributed by atoms with E-state index in [-0.39, 0.29) is 5.69 Å². The quantitative estimate of drug-likeness (QED) is 0.167. The van der Waals surface area contributed by atoms with Crippen LogP contribution in [-0.2, 0) is 9.53 Å². The number of hydrogen-bond donors (Lipinski definition) is 0. The number of esters is 1. The van der Waals surface area contributed by atoms with Crippen molar-refractivity contribution in [3.63, 3.8) is 0 Å². The van der Waals surface area contributed by atoms with Gasteiger partial charge >= 0.3 is 5.97 Å². The number of nitro groups is 1. The highest BCUT2D eigenvalue weighted by molar-refractivity contribution is 6.05. The van der Waals surface area contributed by atoms with Gasteiger partial charge in [-0.3, -0.25) is 10.1 Å². The molecule has 0 bridgehead atoms. The zero-order valence-corrected chi connectivity index (χ0v) is 17.1. The molecule has 0 saturated carbocycles. The molecule has 0 atom stereocenters. The number of non-ortho nitro benzene ring substituents is 1. The number of carbonyl (C=O) groups excluding carboxylic acids is 1. The van der Waals surface area contributed by atoms with Gasteiger partial charge in [-0.05, 0) is 60.2 Å². The minimum absolute atomic E-state index is 0.0119. The number of aryl methyl sites for hydroxylation is 1. The molecule has 0 unspecified atom stereocenters. The minimum atomic E-state index is -0.450. The minimum Gasteiger partial charge on any atom is -0.457 e. The Morgan fingerprint density at radius 1 is 0.875 bits per heavy atom. The summed E-state index contributed by atoms with van der Waals surface area (Å²) in [4.78, 5) is 22.8. The molecule has 0 radical (unpaired) electrons. The highest BCUT2D eigenvalue weighted by Crippen LogP contribution is 2.31. The number of cyclic esters (lactones) is 1. The molecular weight excluding hydrogens is 406 g/mol. The first-order valence-electron chi connectivity index (χ1n) is 9.97. The first-order chi connectivity index (χ1) is 15.5. The van der Waals surface area contributed by atoms with Crippen LogP contribution in [0.5, 0.6) is 0 Å². The van der Waals surface area contributed by atoms with Crippen LogP contribution >= 0.6 is 0 Å². The summed E-state index contributed by atoms with van der Waals surface area (Å²) >= 11 is 0. The standard InChI is InChI=1S/C26H17NO5/c1-16-2-3-19-13-20(5-4-18(19)12-16)25-15-21(26(28)32-25)14-23-10-11-24(31-23)17-6-8-22(9-7-17)27(29)30/h2-15H,1H3/b21-14-. The van der Waals surface area contributed by atoms with Gasteiger partial charge in [0.25, 0.3) is 5.69 Å². The van der Waals surface area contributed by atoms with Crippen molar-refractivity contribution in [1.29, 1.82) is 0 Å². The number of fused-ring (bicyclic) bond motifs is 1. The van der Waals surface area contributed by atoms with Gasteiger partial charge in [-0.2, -0.15) is 0 Å². The lowest BCUT2D eigenvalue weighted by Crippen LogP contribution is -1.97. The molecule has 32 heavy (non-hydrogen) atoms. The maximum Gasteiger partial charge on any atom is 0.343 e. The number of nitrogens with zero attached hydrogens (tertiary/aromatic N) is 1. The molecule has 2 heterocycles. The van der Waals surface area contributed by atoms with Gasteiger partial charge in [-0.25, -0.2) is 4.79 Å². The van der Waals surface area contributed by atoms with Crippen LogP contribution in [0.25, 0.3) is 33.9 Å². The Morgan fingerprint density at radius 2 is 1.59 bits per heavy atom.